The number of morpholine rings is 1. The molecule has 2 heterocycles. The highest BCUT2D eigenvalue weighted by atomic mass is 16.7. The number of oxime groups is 1. The largest absolute Gasteiger partial charge is 0.492 e. The molecule has 9 heteroatoms. The van der Waals surface area contributed by atoms with Gasteiger partial charge in [-0.05, 0) is 55.2 Å². The quantitative estimate of drug-likeness (QED) is 0.272. The summed E-state index contributed by atoms with van der Waals surface area (Å²) in [5.74, 6) is 0.557. The van der Waals surface area contributed by atoms with Crippen molar-refractivity contribution >= 4 is 17.6 Å². The Bertz CT molecular complexity index is 1100. The van der Waals surface area contributed by atoms with E-state index < -0.39 is 17.7 Å². The summed E-state index contributed by atoms with van der Waals surface area (Å²) in [6, 6.07) is 16.8. The highest BCUT2D eigenvalue weighted by molar-refractivity contribution is 6.03. The molecule has 2 aliphatic heterocycles. The smallest absolute Gasteiger partial charge is 0.327 e. The maximum absolute atomic E-state index is 13.1. The van der Waals surface area contributed by atoms with Crippen LogP contribution in [0, 0.1) is 5.41 Å². The van der Waals surface area contributed by atoms with Crippen LogP contribution in [0.2, 0.25) is 0 Å². The fraction of sp³-hybridized carbons (Fsp3) is 0.483. The summed E-state index contributed by atoms with van der Waals surface area (Å²) < 4.78 is 11.3. The summed E-state index contributed by atoms with van der Waals surface area (Å²) in [4.78, 5) is 35.4. The fourth-order valence-electron chi connectivity index (χ4n) is 4.83. The van der Waals surface area contributed by atoms with Crippen LogP contribution < -0.4 is 10.1 Å². The molecule has 2 saturated heterocycles. The van der Waals surface area contributed by atoms with Gasteiger partial charge in [-0.1, -0.05) is 49.3 Å². The molecule has 1 atom stereocenters. The SMILES string of the molecule is CCC1(CC)C(=O)N(C(=O)NCc2ccccc2)C1O/N=C(\C)c1ccc(OCCN2CCOCC2)cc1. The Balaban J connectivity index is 1.35. The van der Waals surface area contributed by atoms with Gasteiger partial charge in [0.05, 0.1) is 18.9 Å². The van der Waals surface area contributed by atoms with Crippen molar-refractivity contribution in [2.45, 2.75) is 46.4 Å². The zero-order chi connectivity index (χ0) is 27.0. The summed E-state index contributed by atoms with van der Waals surface area (Å²) in [5.41, 5.74) is 1.70. The minimum atomic E-state index is -0.772. The zero-order valence-corrected chi connectivity index (χ0v) is 22.5. The number of imide groups is 1. The van der Waals surface area contributed by atoms with Gasteiger partial charge in [-0.25, -0.2) is 9.69 Å². The van der Waals surface area contributed by atoms with Crippen molar-refractivity contribution in [1.29, 1.82) is 0 Å². The minimum absolute atomic E-state index is 0.232. The molecule has 204 valence electrons. The van der Waals surface area contributed by atoms with Gasteiger partial charge in [-0.3, -0.25) is 9.69 Å². The van der Waals surface area contributed by atoms with Crippen molar-refractivity contribution in [3.05, 3.63) is 65.7 Å². The average Bonchev–Trinajstić information content (AvgIpc) is 2.96. The standard InChI is InChI=1S/C29H38N4O5/c1-4-29(5-2)26(34)33(28(35)30-21-23-9-7-6-8-10-23)27(29)38-31-22(3)24-11-13-25(14-12-24)37-20-17-32-15-18-36-19-16-32/h6-14,27H,4-5,15-21H2,1-3H3,(H,30,35)/b31-22+. The second kappa shape index (κ2) is 12.9. The van der Waals surface area contributed by atoms with E-state index >= 15 is 0 Å². The summed E-state index contributed by atoms with van der Waals surface area (Å²) in [5, 5.41) is 7.15. The van der Waals surface area contributed by atoms with E-state index in [1.165, 1.54) is 0 Å². The first-order chi connectivity index (χ1) is 18.5. The molecule has 0 saturated carbocycles. The van der Waals surface area contributed by atoms with Gasteiger partial charge in [-0.2, -0.15) is 0 Å². The van der Waals surface area contributed by atoms with E-state index in [-0.39, 0.29) is 5.91 Å². The second-order valence-electron chi connectivity index (χ2n) is 9.64. The molecule has 0 spiro atoms. The van der Waals surface area contributed by atoms with Crippen LogP contribution in [-0.2, 0) is 20.9 Å². The third-order valence-electron chi connectivity index (χ3n) is 7.46. The molecule has 2 fully saturated rings. The van der Waals surface area contributed by atoms with Crippen molar-refractivity contribution in [1.82, 2.24) is 15.1 Å². The summed E-state index contributed by atoms with van der Waals surface area (Å²) in [7, 11) is 0. The highest BCUT2D eigenvalue weighted by Gasteiger charge is 2.63. The fourth-order valence-corrected chi connectivity index (χ4v) is 4.83. The summed E-state index contributed by atoms with van der Waals surface area (Å²) in [6.07, 6.45) is 0.347. The lowest BCUT2D eigenvalue weighted by Crippen LogP contribution is -2.72. The number of nitrogens with one attached hydrogen (secondary N) is 1. The lowest BCUT2D eigenvalue weighted by molar-refractivity contribution is -0.210. The van der Waals surface area contributed by atoms with Gasteiger partial charge < -0.3 is 19.6 Å². The number of carbonyl (C=O) groups excluding carboxylic acids is 2. The van der Waals surface area contributed by atoms with E-state index in [1.54, 1.807) is 0 Å². The van der Waals surface area contributed by atoms with E-state index in [1.807, 2.05) is 75.4 Å². The van der Waals surface area contributed by atoms with Gasteiger partial charge in [0.1, 0.15) is 17.8 Å². The number of amides is 3. The number of hydrogen-bond donors (Lipinski definition) is 1. The van der Waals surface area contributed by atoms with Crippen LogP contribution >= 0.6 is 0 Å². The van der Waals surface area contributed by atoms with Crippen LogP contribution in [0.4, 0.5) is 4.79 Å². The Morgan fingerprint density at radius 2 is 1.76 bits per heavy atom. The molecule has 0 radical (unpaired) electrons. The lowest BCUT2D eigenvalue weighted by atomic mass is 9.72. The molecule has 9 nitrogen and oxygen atoms in total. The third-order valence-corrected chi connectivity index (χ3v) is 7.46. The van der Waals surface area contributed by atoms with Crippen molar-refractivity contribution in [2.75, 3.05) is 39.5 Å². The molecule has 1 N–H and O–H groups in total. The van der Waals surface area contributed by atoms with Crippen LogP contribution in [-0.4, -0.2) is 73.1 Å². The molecule has 4 rings (SSSR count). The summed E-state index contributed by atoms with van der Waals surface area (Å²) >= 11 is 0. The van der Waals surface area contributed by atoms with Gasteiger partial charge in [-0.15, -0.1) is 0 Å². The van der Waals surface area contributed by atoms with E-state index in [0.717, 1.165) is 54.6 Å². The second-order valence-corrected chi connectivity index (χ2v) is 9.64. The van der Waals surface area contributed by atoms with Gasteiger partial charge in [0.25, 0.3) is 0 Å². The maximum Gasteiger partial charge on any atom is 0.327 e. The molecule has 1 unspecified atom stereocenters. The number of rotatable bonds is 11. The Kier molecular flexibility index (Phi) is 9.36. The molecule has 0 aromatic heterocycles. The Morgan fingerprint density at radius 1 is 1.08 bits per heavy atom. The number of likely N-dealkylation sites (tertiary alicyclic amines) is 1. The molecular formula is C29H38N4O5. The third kappa shape index (κ3) is 6.16. The predicted molar refractivity (Wildman–Crippen MR) is 145 cm³/mol. The number of carbonyl (C=O) groups is 2. The molecule has 3 amide bonds. The molecule has 0 aliphatic carbocycles. The number of nitrogens with zero attached hydrogens (tertiary/aromatic N) is 3. The van der Waals surface area contributed by atoms with Crippen molar-refractivity contribution in [2.24, 2.45) is 10.6 Å². The first-order valence-corrected chi connectivity index (χ1v) is 13.4. The Labute approximate surface area is 224 Å². The molecule has 2 aromatic rings. The van der Waals surface area contributed by atoms with Gasteiger partial charge in [0, 0.05) is 26.2 Å². The van der Waals surface area contributed by atoms with Crippen molar-refractivity contribution in [3.8, 4) is 5.75 Å². The lowest BCUT2D eigenvalue weighted by Gasteiger charge is -2.51. The monoisotopic (exact) mass is 522 g/mol. The topological polar surface area (TPSA) is 92.7 Å². The van der Waals surface area contributed by atoms with Crippen LogP contribution in [0.3, 0.4) is 0 Å². The van der Waals surface area contributed by atoms with E-state index in [9.17, 15) is 9.59 Å². The van der Waals surface area contributed by atoms with E-state index in [2.05, 4.69) is 15.4 Å². The number of hydrogen-bond acceptors (Lipinski definition) is 7. The number of β-lactam (4-membered cyclic amide) rings is 1. The average molecular weight is 523 g/mol. The molecule has 2 aliphatic rings. The van der Waals surface area contributed by atoms with Gasteiger partial charge in [0.2, 0.25) is 12.1 Å². The highest BCUT2D eigenvalue weighted by Crippen LogP contribution is 2.46. The molecule has 38 heavy (non-hydrogen) atoms. The minimum Gasteiger partial charge on any atom is -0.492 e. The first kappa shape index (κ1) is 27.6. The van der Waals surface area contributed by atoms with Crippen LogP contribution in [0.5, 0.6) is 5.75 Å². The van der Waals surface area contributed by atoms with Gasteiger partial charge in [0.15, 0.2) is 0 Å². The predicted octanol–water partition coefficient (Wildman–Crippen LogP) is 4.02. The van der Waals surface area contributed by atoms with E-state index in [4.69, 9.17) is 14.3 Å². The number of urea groups is 1. The van der Waals surface area contributed by atoms with Crippen molar-refractivity contribution in [3.63, 3.8) is 0 Å². The van der Waals surface area contributed by atoms with Gasteiger partial charge >= 0.3 is 6.03 Å². The van der Waals surface area contributed by atoms with Crippen molar-refractivity contribution < 1.29 is 23.9 Å². The number of benzene rings is 2. The Hall–Kier alpha value is -3.43. The van der Waals surface area contributed by atoms with E-state index in [0.29, 0.717) is 31.7 Å². The zero-order valence-electron chi connectivity index (χ0n) is 22.5. The Morgan fingerprint density at radius 3 is 2.42 bits per heavy atom. The van der Waals surface area contributed by atoms with Crippen LogP contribution in [0.25, 0.3) is 0 Å². The number of ether oxygens (including phenoxy) is 2. The molecule has 2 aromatic carbocycles. The molecular weight excluding hydrogens is 484 g/mol. The maximum atomic E-state index is 13.1. The van der Waals surface area contributed by atoms with Crippen LogP contribution in [0.15, 0.2) is 59.8 Å². The first-order valence-electron chi connectivity index (χ1n) is 13.4. The normalized spacial score (nSPS) is 19.6. The summed E-state index contributed by atoms with van der Waals surface area (Å²) in [6.45, 7) is 10.9. The molecule has 0 bridgehead atoms. The van der Waals surface area contributed by atoms with Crippen LogP contribution in [0.1, 0.15) is 44.7 Å².